The standard InChI is InChI=1S/C15H16P.2ClH.Ni/c1-2-13-16(14-9-5-3-6-10-14)15-11-7-4-8-12-15;;;/h3-12H,1-2,13H2;2*1H;/q;;;+2/p-2. The van der Waals surface area contributed by atoms with Crippen molar-refractivity contribution in [2.24, 2.45) is 0 Å². The van der Waals surface area contributed by atoms with Crippen molar-refractivity contribution in [3.05, 3.63) is 60.7 Å². The fourth-order valence-electron chi connectivity index (χ4n) is 1.83. The average Bonchev–Trinajstić information content (AvgIpc) is 2.42. The summed E-state index contributed by atoms with van der Waals surface area (Å²) in [6, 6.07) is 21.6. The monoisotopic (exact) mass is 355 g/mol. The normalized spacial score (nSPS) is 9.58. The first kappa shape index (κ1) is 18.9. The Labute approximate surface area is 137 Å². The van der Waals surface area contributed by atoms with E-state index in [2.05, 4.69) is 60.7 Å². The van der Waals surface area contributed by atoms with Gasteiger partial charge in [0, 0.05) is 0 Å². The van der Waals surface area contributed by atoms with Crippen LogP contribution in [0.2, 0.25) is 5.39 Å². The maximum atomic E-state index is 4.80. The van der Waals surface area contributed by atoms with E-state index in [4.69, 9.17) is 15.5 Å². The molecule has 0 aromatic heterocycles. The summed E-state index contributed by atoms with van der Waals surface area (Å²) in [6.45, 7) is 0. The second kappa shape index (κ2) is 10.7. The molecule has 105 valence electrons. The van der Waals surface area contributed by atoms with Crippen LogP contribution in [-0.2, 0) is 15.5 Å². The molecule has 0 spiro atoms. The van der Waals surface area contributed by atoms with Crippen LogP contribution < -0.4 is 35.4 Å². The number of rotatable bonds is 5. The Balaban J connectivity index is 0.00000162. The third-order valence-corrected chi connectivity index (χ3v) is 5.58. The molecule has 2 rings (SSSR count). The van der Waals surface area contributed by atoms with Crippen molar-refractivity contribution in [1.82, 2.24) is 0 Å². The van der Waals surface area contributed by atoms with E-state index in [9.17, 15) is 0 Å². The van der Waals surface area contributed by atoms with E-state index in [0.29, 0.717) is 0 Å². The maximum absolute atomic E-state index is 4.80. The van der Waals surface area contributed by atoms with Gasteiger partial charge in [-0.2, -0.15) is 0 Å². The van der Waals surface area contributed by atoms with E-state index in [1.807, 2.05) is 0 Å². The molecule has 0 fully saturated rings. The Morgan fingerprint density at radius 1 is 0.737 bits per heavy atom. The number of hydrogen-bond donors (Lipinski definition) is 0. The molecule has 0 N–H and O–H groups in total. The molecule has 0 heterocycles. The van der Waals surface area contributed by atoms with Gasteiger partial charge in [-0.3, -0.25) is 0 Å². The van der Waals surface area contributed by atoms with E-state index in [0.717, 1.165) is 11.8 Å². The zero-order chi connectivity index (χ0) is 11.9. The Hall–Kier alpha value is -0.0565. The summed E-state index contributed by atoms with van der Waals surface area (Å²) in [5.41, 5.74) is 0. The first-order chi connectivity index (χ1) is 8.42. The molecule has 0 saturated heterocycles. The first-order valence-electron chi connectivity index (χ1n) is 5.81. The SMILES string of the molecule is [Cl-].[Cl-].[Ni+2][CH2]CCP(c1ccccc1)c1ccccc1. The van der Waals surface area contributed by atoms with Crippen molar-refractivity contribution in [1.29, 1.82) is 0 Å². The molecular formula is C15H16Cl2NiP. The number of hydrogen-bond acceptors (Lipinski definition) is 0. The van der Waals surface area contributed by atoms with Crippen LogP contribution in [0.1, 0.15) is 6.42 Å². The molecular weight excluding hydrogens is 341 g/mol. The van der Waals surface area contributed by atoms with E-state index < -0.39 is 0 Å². The molecule has 0 saturated carbocycles. The van der Waals surface area contributed by atoms with Gasteiger partial charge in [-0.15, -0.1) is 0 Å². The molecule has 19 heavy (non-hydrogen) atoms. The zero-order valence-corrected chi connectivity index (χ0v) is 13.8. The summed E-state index contributed by atoms with van der Waals surface area (Å²) in [5.74, 6) is 0. The third kappa shape index (κ3) is 5.84. The Morgan fingerprint density at radius 2 is 1.16 bits per heavy atom. The molecule has 0 bridgehead atoms. The van der Waals surface area contributed by atoms with E-state index >= 15 is 0 Å². The predicted octanol–water partition coefficient (Wildman–Crippen LogP) is -2.52. The first-order valence-corrected chi connectivity index (χ1v) is 8.03. The van der Waals surface area contributed by atoms with E-state index in [-0.39, 0.29) is 32.7 Å². The van der Waals surface area contributed by atoms with Crippen LogP contribution in [0.5, 0.6) is 0 Å². The molecule has 0 aliphatic carbocycles. The summed E-state index contributed by atoms with van der Waals surface area (Å²) >= 11 is 4.80. The van der Waals surface area contributed by atoms with Gasteiger partial charge in [-0.1, -0.05) is 0 Å². The Morgan fingerprint density at radius 3 is 1.53 bits per heavy atom. The molecule has 0 radical (unpaired) electrons. The predicted molar refractivity (Wildman–Crippen MR) is 73.4 cm³/mol. The van der Waals surface area contributed by atoms with Crippen molar-refractivity contribution < 1.29 is 40.3 Å². The van der Waals surface area contributed by atoms with E-state index in [1.54, 1.807) is 0 Å². The van der Waals surface area contributed by atoms with Gasteiger partial charge in [0.15, 0.2) is 0 Å². The molecule has 0 nitrogen and oxygen atoms in total. The van der Waals surface area contributed by atoms with Gasteiger partial charge in [0.2, 0.25) is 0 Å². The van der Waals surface area contributed by atoms with Crippen molar-refractivity contribution in [3.63, 3.8) is 0 Å². The van der Waals surface area contributed by atoms with Gasteiger partial charge in [-0.05, 0) is 0 Å². The molecule has 0 aliphatic rings. The fraction of sp³-hybridized carbons (Fsp3) is 0.200. The van der Waals surface area contributed by atoms with Gasteiger partial charge in [0.25, 0.3) is 0 Å². The summed E-state index contributed by atoms with van der Waals surface area (Å²) in [7, 11) is -0.217. The second-order valence-corrected chi connectivity index (χ2v) is 6.66. The molecule has 2 aromatic carbocycles. The summed E-state index contributed by atoms with van der Waals surface area (Å²) < 4.78 is 0. The van der Waals surface area contributed by atoms with Gasteiger partial charge in [0.05, 0.1) is 0 Å². The van der Waals surface area contributed by atoms with Crippen molar-refractivity contribution in [2.45, 2.75) is 11.8 Å². The van der Waals surface area contributed by atoms with Crippen LogP contribution >= 0.6 is 7.92 Å². The summed E-state index contributed by atoms with van der Waals surface area (Å²) in [6.07, 6.45) is 2.36. The summed E-state index contributed by atoms with van der Waals surface area (Å²) in [4.78, 5) is 0. The van der Waals surface area contributed by atoms with Gasteiger partial charge >= 0.3 is 113 Å². The van der Waals surface area contributed by atoms with Gasteiger partial charge in [-0.25, -0.2) is 0 Å². The molecule has 0 amide bonds. The van der Waals surface area contributed by atoms with Crippen LogP contribution in [-0.4, -0.2) is 6.16 Å². The molecule has 4 heteroatoms. The molecule has 0 unspecified atom stereocenters. The summed E-state index contributed by atoms with van der Waals surface area (Å²) in [5, 5.41) is 3.82. The minimum atomic E-state index is -0.217. The van der Waals surface area contributed by atoms with Crippen LogP contribution in [0.4, 0.5) is 0 Å². The van der Waals surface area contributed by atoms with Gasteiger partial charge < -0.3 is 24.8 Å². The van der Waals surface area contributed by atoms with Crippen LogP contribution in [0.15, 0.2) is 60.7 Å². The molecule has 0 aliphatic heterocycles. The Kier molecular flexibility index (Phi) is 10.7. The van der Waals surface area contributed by atoms with Crippen LogP contribution in [0.25, 0.3) is 0 Å². The quantitative estimate of drug-likeness (QED) is 0.410. The molecule has 0 atom stereocenters. The zero-order valence-electron chi connectivity index (χ0n) is 10.4. The van der Waals surface area contributed by atoms with Crippen molar-refractivity contribution in [2.75, 3.05) is 6.16 Å². The third-order valence-electron chi connectivity index (χ3n) is 2.63. The average molecular weight is 357 g/mol. The number of benzene rings is 2. The van der Waals surface area contributed by atoms with E-state index in [1.165, 1.54) is 16.8 Å². The van der Waals surface area contributed by atoms with Crippen molar-refractivity contribution >= 4 is 18.5 Å². The number of halogens is 2. The van der Waals surface area contributed by atoms with Crippen molar-refractivity contribution in [3.8, 4) is 0 Å². The topological polar surface area (TPSA) is 0 Å². The van der Waals surface area contributed by atoms with Crippen LogP contribution in [0, 0.1) is 0 Å². The van der Waals surface area contributed by atoms with Gasteiger partial charge in [0.1, 0.15) is 0 Å². The van der Waals surface area contributed by atoms with Crippen LogP contribution in [0.3, 0.4) is 0 Å². The fourth-order valence-corrected chi connectivity index (χ4v) is 4.59. The molecule has 2 aromatic rings. The Bertz CT molecular complexity index is 397. The minimum absolute atomic E-state index is 0. The second-order valence-electron chi connectivity index (χ2n) is 3.83.